The summed E-state index contributed by atoms with van der Waals surface area (Å²) >= 11 is 0. The van der Waals surface area contributed by atoms with Gasteiger partial charge in [0.2, 0.25) is 0 Å². The van der Waals surface area contributed by atoms with Crippen LogP contribution in [0.3, 0.4) is 0 Å². The maximum absolute atomic E-state index is 13.7. The summed E-state index contributed by atoms with van der Waals surface area (Å²) in [5.41, 5.74) is 2.10. The zero-order valence-corrected chi connectivity index (χ0v) is 9.81. The standard InChI is InChI=1S/C16H12FN/c17-15-8-4-7-14-13(15)9-10-18-16(14)11-12-5-2-1-3-6-12/h1-10H,11H2. The van der Waals surface area contributed by atoms with E-state index in [1.165, 1.54) is 11.6 Å². The van der Waals surface area contributed by atoms with Crippen LogP contribution in [0.4, 0.5) is 4.39 Å². The molecule has 0 N–H and O–H groups in total. The molecule has 88 valence electrons. The van der Waals surface area contributed by atoms with E-state index in [1.54, 1.807) is 18.3 Å². The van der Waals surface area contributed by atoms with Gasteiger partial charge in [-0.05, 0) is 17.7 Å². The number of rotatable bonds is 2. The third-order valence-electron chi connectivity index (χ3n) is 3.05. The van der Waals surface area contributed by atoms with E-state index < -0.39 is 0 Å². The van der Waals surface area contributed by atoms with Crippen molar-refractivity contribution in [3.05, 3.63) is 77.9 Å². The van der Waals surface area contributed by atoms with Gasteiger partial charge in [0, 0.05) is 23.4 Å². The number of benzene rings is 2. The Kier molecular flexibility index (Phi) is 2.77. The van der Waals surface area contributed by atoms with E-state index >= 15 is 0 Å². The van der Waals surface area contributed by atoms with Gasteiger partial charge in [-0.2, -0.15) is 0 Å². The zero-order chi connectivity index (χ0) is 12.4. The van der Waals surface area contributed by atoms with Crippen molar-refractivity contribution in [1.82, 2.24) is 4.98 Å². The SMILES string of the molecule is Fc1cccc2c(Cc3ccccc3)nccc12. The molecule has 3 rings (SSSR count). The van der Waals surface area contributed by atoms with Gasteiger partial charge >= 0.3 is 0 Å². The van der Waals surface area contributed by atoms with Gasteiger partial charge in [0.05, 0.1) is 5.69 Å². The van der Waals surface area contributed by atoms with Crippen LogP contribution in [0.1, 0.15) is 11.3 Å². The van der Waals surface area contributed by atoms with Crippen LogP contribution in [0.2, 0.25) is 0 Å². The Morgan fingerprint density at radius 3 is 2.50 bits per heavy atom. The third-order valence-corrected chi connectivity index (χ3v) is 3.05. The van der Waals surface area contributed by atoms with Gasteiger partial charge in [-0.1, -0.05) is 42.5 Å². The van der Waals surface area contributed by atoms with Crippen LogP contribution in [0, 0.1) is 5.82 Å². The normalized spacial score (nSPS) is 10.7. The van der Waals surface area contributed by atoms with Crippen LogP contribution < -0.4 is 0 Å². The summed E-state index contributed by atoms with van der Waals surface area (Å²) in [6, 6.07) is 17.0. The Bertz CT molecular complexity index is 677. The summed E-state index contributed by atoms with van der Waals surface area (Å²) in [6.45, 7) is 0. The van der Waals surface area contributed by atoms with Crippen LogP contribution >= 0.6 is 0 Å². The number of aromatic nitrogens is 1. The Balaban J connectivity index is 2.10. The van der Waals surface area contributed by atoms with Crippen molar-refractivity contribution < 1.29 is 4.39 Å². The molecule has 0 radical (unpaired) electrons. The molecular weight excluding hydrogens is 225 g/mol. The fourth-order valence-electron chi connectivity index (χ4n) is 2.16. The molecule has 0 bridgehead atoms. The molecule has 0 saturated carbocycles. The molecule has 0 unspecified atom stereocenters. The van der Waals surface area contributed by atoms with Gasteiger partial charge in [0.15, 0.2) is 0 Å². The van der Waals surface area contributed by atoms with Crippen molar-refractivity contribution in [1.29, 1.82) is 0 Å². The monoisotopic (exact) mass is 237 g/mol. The lowest BCUT2D eigenvalue weighted by atomic mass is 10.0. The molecule has 0 spiro atoms. The van der Waals surface area contributed by atoms with E-state index in [4.69, 9.17) is 0 Å². The Hall–Kier alpha value is -2.22. The number of halogens is 1. The van der Waals surface area contributed by atoms with E-state index in [0.29, 0.717) is 5.39 Å². The number of fused-ring (bicyclic) bond motifs is 1. The van der Waals surface area contributed by atoms with Crippen LogP contribution in [0.15, 0.2) is 60.8 Å². The van der Waals surface area contributed by atoms with Gasteiger partial charge in [-0.15, -0.1) is 0 Å². The maximum Gasteiger partial charge on any atom is 0.131 e. The Morgan fingerprint density at radius 1 is 0.833 bits per heavy atom. The minimum Gasteiger partial charge on any atom is -0.260 e. The minimum atomic E-state index is -0.191. The second-order valence-electron chi connectivity index (χ2n) is 4.25. The molecule has 0 saturated heterocycles. The Morgan fingerprint density at radius 2 is 1.67 bits per heavy atom. The molecular formula is C16H12FN. The molecule has 0 aliphatic carbocycles. The summed E-state index contributed by atoms with van der Waals surface area (Å²) in [5.74, 6) is -0.191. The van der Waals surface area contributed by atoms with E-state index in [1.807, 2.05) is 24.3 Å². The van der Waals surface area contributed by atoms with E-state index in [2.05, 4.69) is 17.1 Å². The molecule has 18 heavy (non-hydrogen) atoms. The highest BCUT2D eigenvalue weighted by Gasteiger charge is 2.06. The van der Waals surface area contributed by atoms with Gasteiger partial charge < -0.3 is 0 Å². The lowest BCUT2D eigenvalue weighted by molar-refractivity contribution is 0.639. The first kappa shape index (κ1) is 10.9. The van der Waals surface area contributed by atoms with Crippen molar-refractivity contribution in [2.24, 2.45) is 0 Å². The number of hydrogen-bond donors (Lipinski definition) is 0. The molecule has 0 amide bonds. The fraction of sp³-hybridized carbons (Fsp3) is 0.0625. The molecule has 1 aromatic heterocycles. The largest absolute Gasteiger partial charge is 0.260 e. The van der Waals surface area contributed by atoms with Crippen LogP contribution in [0.5, 0.6) is 0 Å². The van der Waals surface area contributed by atoms with Gasteiger partial charge in [0.25, 0.3) is 0 Å². The zero-order valence-electron chi connectivity index (χ0n) is 9.81. The average molecular weight is 237 g/mol. The summed E-state index contributed by atoms with van der Waals surface area (Å²) in [5, 5.41) is 1.53. The molecule has 1 nitrogen and oxygen atoms in total. The van der Waals surface area contributed by atoms with Crippen LogP contribution in [0.25, 0.3) is 10.8 Å². The van der Waals surface area contributed by atoms with Crippen LogP contribution in [-0.2, 0) is 6.42 Å². The van der Waals surface area contributed by atoms with E-state index in [-0.39, 0.29) is 5.82 Å². The number of hydrogen-bond acceptors (Lipinski definition) is 1. The van der Waals surface area contributed by atoms with Crippen molar-refractivity contribution in [2.75, 3.05) is 0 Å². The average Bonchev–Trinajstić information content (AvgIpc) is 2.41. The summed E-state index contributed by atoms with van der Waals surface area (Å²) < 4.78 is 13.7. The summed E-state index contributed by atoms with van der Waals surface area (Å²) in [6.07, 6.45) is 2.39. The molecule has 0 aliphatic heterocycles. The molecule has 2 heteroatoms. The predicted octanol–water partition coefficient (Wildman–Crippen LogP) is 3.96. The topological polar surface area (TPSA) is 12.9 Å². The fourth-order valence-corrected chi connectivity index (χ4v) is 2.16. The minimum absolute atomic E-state index is 0.191. The lowest BCUT2D eigenvalue weighted by Crippen LogP contribution is -1.94. The molecule has 1 heterocycles. The van der Waals surface area contributed by atoms with Crippen LogP contribution in [-0.4, -0.2) is 4.98 Å². The first-order valence-electron chi connectivity index (χ1n) is 5.90. The second kappa shape index (κ2) is 4.57. The predicted molar refractivity (Wildman–Crippen MR) is 70.9 cm³/mol. The highest BCUT2D eigenvalue weighted by molar-refractivity contribution is 5.85. The van der Waals surface area contributed by atoms with E-state index in [0.717, 1.165) is 17.5 Å². The smallest absolute Gasteiger partial charge is 0.131 e. The van der Waals surface area contributed by atoms with E-state index in [9.17, 15) is 4.39 Å². The maximum atomic E-state index is 13.7. The Labute approximate surface area is 105 Å². The molecule has 0 aliphatic rings. The number of nitrogens with zero attached hydrogens (tertiary/aromatic N) is 1. The highest BCUT2D eigenvalue weighted by Crippen LogP contribution is 2.21. The first-order valence-corrected chi connectivity index (χ1v) is 5.90. The molecule has 0 fully saturated rings. The molecule has 3 aromatic rings. The van der Waals surface area contributed by atoms with Gasteiger partial charge in [0.1, 0.15) is 5.82 Å². The molecule has 2 aromatic carbocycles. The quantitative estimate of drug-likeness (QED) is 0.657. The summed E-state index contributed by atoms with van der Waals surface area (Å²) in [7, 11) is 0. The van der Waals surface area contributed by atoms with Crippen molar-refractivity contribution in [3.63, 3.8) is 0 Å². The first-order chi connectivity index (χ1) is 8.84. The summed E-state index contributed by atoms with van der Waals surface area (Å²) in [4.78, 5) is 4.38. The third kappa shape index (κ3) is 1.97. The van der Waals surface area contributed by atoms with Crippen molar-refractivity contribution >= 4 is 10.8 Å². The molecule has 0 atom stereocenters. The van der Waals surface area contributed by atoms with Crippen molar-refractivity contribution in [3.8, 4) is 0 Å². The van der Waals surface area contributed by atoms with Gasteiger partial charge in [-0.3, -0.25) is 4.98 Å². The van der Waals surface area contributed by atoms with Crippen molar-refractivity contribution in [2.45, 2.75) is 6.42 Å². The number of pyridine rings is 1. The highest BCUT2D eigenvalue weighted by atomic mass is 19.1. The lowest BCUT2D eigenvalue weighted by Gasteiger charge is -2.06. The van der Waals surface area contributed by atoms with Gasteiger partial charge in [-0.25, -0.2) is 4.39 Å². The second-order valence-corrected chi connectivity index (χ2v) is 4.25.